The SMILES string of the molecule is O=C(NCc1ccc(S(=O)(=O)N2CCN(C(=O)c3c(F)cccc3F)CC2)s1)c1ccc(Cl)cc1.O=C(NCc1ccc(S(=O)(=O)N2CCN(C(=O)c3cccc(F)c3)CC2)s1)c1ccc(Cl)cc1. The second kappa shape index (κ2) is 22.4. The minimum absolute atomic E-state index is 0.00121. The molecular weight excluding hydrogens is 1020 g/mol. The normalized spacial score (nSPS) is 14.7. The zero-order chi connectivity index (χ0) is 49.5. The second-order valence-corrected chi connectivity index (χ2v) is 22.9. The molecule has 69 heavy (non-hydrogen) atoms. The quantitative estimate of drug-likeness (QED) is 0.128. The Morgan fingerprint density at radius 3 is 1.33 bits per heavy atom. The van der Waals surface area contributed by atoms with E-state index in [1.165, 1.54) is 60.9 Å². The monoisotopic (exact) mass is 1060 g/mol. The van der Waals surface area contributed by atoms with Crippen LogP contribution in [0.4, 0.5) is 13.2 Å². The van der Waals surface area contributed by atoms with Crippen molar-refractivity contribution in [2.75, 3.05) is 52.4 Å². The molecule has 2 aromatic heterocycles. The Morgan fingerprint density at radius 2 is 0.913 bits per heavy atom. The van der Waals surface area contributed by atoms with Crippen LogP contribution in [0.1, 0.15) is 51.2 Å². The Morgan fingerprint density at radius 1 is 0.507 bits per heavy atom. The highest BCUT2D eigenvalue weighted by Crippen LogP contribution is 2.28. The highest BCUT2D eigenvalue weighted by atomic mass is 35.5. The fourth-order valence-electron chi connectivity index (χ4n) is 7.11. The fourth-order valence-corrected chi connectivity index (χ4v) is 13.1. The van der Waals surface area contributed by atoms with Gasteiger partial charge in [0.1, 0.15) is 31.4 Å². The van der Waals surface area contributed by atoms with Crippen molar-refractivity contribution in [1.29, 1.82) is 0 Å². The number of carbonyl (C=O) groups excluding carboxylic acids is 4. The Balaban J connectivity index is 0.000000204. The molecule has 4 amide bonds. The van der Waals surface area contributed by atoms with Gasteiger partial charge in [-0.25, -0.2) is 30.0 Å². The topological polar surface area (TPSA) is 174 Å². The van der Waals surface area contributed by atoms with Crippen molar-refractivity contribution in [3.63, 3.8) is 0 Å². The number of sulfonamides is 2. The molecule has 4 heterocycles. The largest absolute Gasteiger partial charge is 0.347 e. The van der Waals surface area contributed by atoms with Crippen LogP contribution in [-0.4, -0.2) is 111 Å². The lowest BCUT2D eigenvalue weighted by atomic mass is 10.1. The molecule has 0 bridgehead atoms. The van der Waals surface area contributed by atoms with Gasteiger partial charge in [0, 0.05) is 88.8 Å². The van der Waals surface area contributed by atoms with Gasteiger partial charge in [0.25, 0.3) is 43.7 Å². The van der Waals surface area contributed by atoms with Gasteiger partial charge in [0.2, 0.25) is 0 Å². The van der Waals surface area contributed by atoms with Gasteiger partial charge >= 0.3 is 0 Å². The summed E-state index contributed by atoms with van der Waals surface area (Å²) in [6.45, 7) is 1.04. The molecule has 2 aliphatic heterocycles. The standard InChI is InChI=1S/C23H20ClF2N3O4S2.C23H21ClFN3O4S2/c24-16-6-4-15(5-7-16)22(30)27-14-17-8-9-20(34-17)35(32,33)29-12-10-28(11-13-29)23(31)21-18(25)2-1-3-19(21)26;24-18-6-4-16(5-7-18)22(29)26-15-20-8-9-21(33-20)34(31,32)28-12-10-27(11-13-28)23(30)17-2-1-3-19(25)14-17/h1-9H,10-14H2,(H,27,30);1-9,14H,10-13,15H2,(H,26,29). The van der Waals surface area contributed by atoms with Gasteiger partial charge < -0.3 is 20.4 Å². The number of carbonyl (C=O) groups is 4. The Kier molecular flexibility index (Phi) is 16.6. The van der Waals surface area contributed by atoms with E-state index < -0.39 is 49.0 Å². The molecule has 8 rings (SSSR count). The van der Waals surface area contributed by atoms with Crippen LogP contribution in [0, 0.1) is 17.5 Å². The van der Waals surface area contributed by atoms with Crippen LogP contribution in [0.3, 0.4) is 0 Å². The molecule has 0 spiro atoms. The summed E-state index contributed by atoms with van der Waals surface area (Å²) in [6.07, 6.45) is 0. The first-order valence-corrected chi connectivity index (χ1v) is 26.2. The van der Waals surface area contributed by atoms with Crippen molar-refractivity contribution in [2.45, 2.75) is 21.5 Å². The minimum atomic E-state index is -3.83. The van der Waals surface area contributed by atoms with Gasteiger partial charge in [-0.05, 0) is 103 Å². The zero-order valence-corrected chi connectivity index (χ0v) is 40.9. The molecule has 6 aromatic rings. The average Bonchev–Trinajstić information content (AvgIpc) is 4.05. The number of amides is 4. The number of piperazine rings is 2. The third-order valence-corrected chi connectivity index (χ3v) is 18.2. The number of rotatable bonds is 12. The van der Waals surface area contributed by atoms with Crippen molar-refractivity contribution in [1.82, 2.24) is 29.0 Å². The predicted molar refractivity (Wildman–Crippen MR) is 256 cm³/mol. The smallest absolute Gasteiger partial charge is 0.259 e. The predicted octanol–water partition coefficient (Wildman–Crippen LogP) is 7.37. The van der Waals surface area contributed by atoms with E-state index in [0.29, 0.717) is 30.9 Å². The second-order valence-electron chi connectivity index (χ2n) is 15.3. The van der Waals surface area contributed by atoms with Crippen molar-refractivity contribution in [3.05, 3.63) is 175 Å². The summed E-state index contributed by atoms with van der Waals surface area (Å²) in [7, 11) is -7.56. The highest BCUT2D eigenvalue weighted by molar-refractivity contribution is 7.91. The van der Waals surface area contributed by atoms with Gasteiger partial charge in [-0.3, -0.25) is 19.2 Å². The molecule has 0 aliphatic carbocycles. The first-order valence-electron chi connectivity index (χ1n) is 20.9. The maximum absolute atomic E-state index is 13.9. The zero-order valence-electron chi connectivity index (χ0n) is 36.1. The van der Waals surface area contributed by atoms with Crippen LogP contribution in [-0.2, 0) is 33.1 Å². The Bertz CT molecular complexity index is 3050. The van der Waals surface area contributed by atoms with E-state index in [2.05, 4.69) is 10.6 Å². The van der Waals surface area contributed by atoms with Crippen LogP contribution < -0.4 is 10.6 Å². The van der Waals surface area contributed by atoms with E-state index in [-0.39, 0.29) is 97.2 Å². The van der Waals surface area contributed by atoms with Crippen LogP contribution in [0.5, 0.6) is 0 Å². The molecule has 0 unspecified atom stereocenters. The molecule has 23 heteroatoms. The summed E-state index contributed by atoms with van der Waals surface area (Å²) in [4.78, 5) is 53.7. The van der Waals surface area contributed by atoms with Gasteiger partial charge in [0.05, 0.1) is 13.1 Å². The van der Waals surface area contributed by atoms with E-state index in [0.717, 1.165) is 34.8 Å². The average molecular weight is 1060 g/mol. The summed E-state index contributed by atoms with van der Waals surface area (Å²) in [5, 5.41) is 6.55. The Labute approximate surface area is 414 Å². The number of hydrogen-bond donors (Lipinski definition) is 2. The molecule has 0 saturated carbocycles. The van der Waals surface area contributed by atoms with Crippen molar-refractivity contribution < 1.29 is 49.2 Å². The molecule has 2 saturated heterocycles. The summed E-state index contributed by atoms with van der Waals surface area (Å²) in [6, 6.07) is 27.8. The van der Waals surface area contributed by atoms with Crippen molar-refractivity contribution in [3.8, 4) is 0 Å². The molecule has 0 radical (unpaired) electrons. The Hall–Kier alpha value is -5.65. The maximum atomic E-state index is 13.9. The first kappa shape index (κ1) is 51.2. The van der Waals surface area contributed by atoms with Gasteiger partial charge in [-0.1, -0.05) is 35.3 Å². The van der Waals surface area contributed by atoms with Crippen LogP contribution >= 0.6 is 45.9 Å². The summed E-state index contributed by atoms with van der Waals surface area (Å²) < 4.78 is 96.4. The fraction of sp³-hybridized carbons (Fsp3) is 0.217. The van der Waals surface area contributed by atoms with E-state index in [1.807, 2.05) is 0 Å². The van der Waals surface area contributed by atoms with Crippen LogP contribution in [0.2, 0.25) is 10.0 Å². The van der Waals surface area contributed by atoms with E-state index in [4.69, 9.17) is 23.2 Å². The molecule has 2 N–H and O–H groups in total. The summed E-state index contributed by atoms with van der Waals surface area (Å²) in [5.74, 6) is -4.15. The lowest BCUT2D eigenvalue weighted by Crippen LogP contribution is -2.50. The number of hydrogen-bond acceptors (Lipinski definition) is 10. The lowest BCUT2D eigenvalue weighted by molar-refractivity contribution is 0.0684. The van der Waals surface area contributed by atoms with Crippen LogP contribution in [0.25, 0.3) is 0 Å². The number of thiophene rings is 2. The summed E-state index contributed by atoms with van der Waals surface area (Å²) in [5.41, 5.74) is 0.480. The molecule has 2 aliphatic rings. The molecular formula is C46H41Cl2F3N6O8S4. The van der Waals surface area contributed by atoms with Crippen LogP contribution in [0.15, 0.2) is 124 Å². The molecule has 2 fully saturated rings. The number of benzene rings is 4. The number of nitrogens with one attached hydrogen (secondary N) is 2. The van der Waals surface area contributed by atoms with Gasteiger partial charge in [-0.2, -0.15) is 8.61 Å². The minimum Gasteiger partial charge on any atom is -0.347 e. The van der Waals surface area contributed by atoms with Gasteiger partial charge in [0.15, 0.2) is 0 Å². The molecule has 4 aromatic carbocycles. The third-order valence-electron chi connectivity index (χ3n) is 10.8. The molecule has 0 atom stereocenters. The first-order chi connectivity index (χ1) is 32.9. The highest BCUT2D eigenvalue weighted by Gasteiger charge is 2.34. The number of halogens is 5. The summed E-state index contributed by atoms with van der Waals surface area (Å²) >= 11 is 13.8. The molecule has 14 nitrogen and oxygen atoms in total. The molecule has 362 valence electrons. The lowest BCUT2D eigenvalue weighted by Gasteiger charge is -2.33. The number of nitrogens with zero attached hydrogens (tertiary/aromatic N) is 4. The van der Waals surface area contributed by atoms with Gasteiger partial charge in [-0.15, -0.1) is 22.7 Å². The van der Waals surface area contributed by atoms with Crippen molar-refractivity contribution >= 4 is 89.6 Å². The van der Waals surface area contributed by atoms with E-state index >= 15 is 0 Å². The van der Waals surface area contributed by atoms with E-state index in [1.54, 1.807) is 60.7 Å². The third kappa shape index (κ3) is 12.6. The van der Waals surface area contributed by atoms with E-state index in [9.17, 15) is 49.2 Å². The maximum Gasteiger partial charge on any atom is 0.259 e. The van der Waals surface area contributed by atoms with Crippen molar-refractivity contribution in [2.24, 2.45) is 0 Å².